The predicted molar refractivity (Wildman–Crippen MR) is 107 cm³/mol. The third kappa shape index (κ3) is 8.77. The van der Waals surface area contributed by atoms with Gasteiger partial charge in [-0.2, -0.15) is 0 Å². The summed E-state index contributed by atoms with van der Waals surface area (Å²) in [4.78, 5) is 11.6. The quantitative estimate of drug-likeness (QED) is 0.580. The lowest BCUT2D eigenvalue weighted by atomic mass is 10.0. The molecule has 0 heterocycles. The van der Waals surface area contributed by atoms with Crippen LogP contribution in [-0.4, -0.2) is 23.6 Å². The number of hydrogen-bond acceptors (Lipinski definition) is 3. The maximum absolute atomic E-state index is 11.6. The van der Waals surface area contributed by atoms with Crippen molar-refractivity contribution < 1.29 is 9.90 Å². The van der Waals surface area contributed by atoms with E-state index in [9.17, 15) is 9.90 Å². The molecule has 0 bridgehead atoms. The van der Waals surface area contributed by atoms with Crippen molar-refractivity contribution in [2.24, 2.45) is 5.73 Å². The number of aryl methyl sites for hydroxylation is 2. The molecule has 0 saturated carbocycles. The van der Waals surface area contributed by atoms with Gasteiger partial charge in [0.15, 0.2) is 0 Å². The van der Waals surface area contributed by atoms with Gasteiger partial charge in [0.2, 0.25) is 5.91 Å². The van der Waals surface area contributed by atoms with Crippen LogP contribution in [0.25, 0.3) is 0 Å². The van der Waals surface area contributed by atoms with Crippen LogP contribution >= 0.6 is 24.8 Å². The van der Waals surface area contributed by atoms with Crippen LogP contribution in [0.15, 0.2) is 54.6 Å². The molecular weight excluding hydrogens is 359 g/mol. The maximum Gasteiger partial charge on any atom is 0.234 e. The van der Waals surface area contributed by atoms with Gasteiger partial charge < -0.3 is 16.2 Å². The number of carbonyl (C=O) groups excluding carboxylic acids is 1. The highest BCUT2D eigenvalue weighted by Crippen LogP contribution is 2.12. The number of halogens is 2. The molecule has 1 atom stereocenters. The number of hydrogen-bond donors (Lipinski definition) is 3. The number of amides is 1. The van der Waals surface area contributed by atoms with E-state index >= 15 is 0 Å². The predicted octanol–water partition coefficient (Wildman–Crippen LogP) is 3.24. The largest absolute Gasteiger partial charge is 0.508 e. The molecule has 0 saturated heterocycles. The van der Waals surface area contributed by atoms with Crippen LogP contribution in [0.1, 0.15) is 24.0 Å². The van der Waals surface area contributed by atoms with Crippen molar-refractivity contribution in [1.82, 2.24) is 5.32 Å². The minimum Gasteiger partial charge on any atom is -0.508 e. The summed E-state index contributed by atoms with van der Waals surface area (Å²) in [5.41, 5.74) is 7.78. The highest BCUT2D eigenvalue weighted by molar-refractivity contribution is 5.85. The molecule has 0 fully saturated rings. The van der Waals surface area contributed by atoms with E-state index in [-0.39, 0.29) is 42.5 Å². The zero-order valence-corrected chi connectivity index (χ0v) is 15.7. The Labute approximate surface area is 161 Å². The minimum atomic E-state index is -0.307. The molecular formula is C19H26Cl2N2O2. The van der Waals surface area contributed by atoms with Gasteiger partial charge in [0.05, 0.1) is 6.04 Å². The molecule has 0 radical (unpaired) electrons. The Morgan fingerprint density at radius 3 is 2.32 bits per heavy atom. The first-order valence-electron chi connectivity index (χ1n) is 7.99. The lowest BCUT2D eigenvalue weighted by Crippen LogP contribution is -2.42. The number of primary amides is 1. The van der Waals surface area contributed by atoms with Gasteiger partial charge in [-0.1, -0.05) is 42.5 Å². The highest BCUT2D eigenvalue weighted by atomic mass is 35.5. The van der Waals surface area contributed by atoms with Gasteiger partial charge in [-0.15, -0.1) is 24.8 Å². The third-order valence-electron chi connectivity index (χ3n) is 3.85. The number of rotatable bonds is 9. The van der Waals surface area contributed by atoms with Crippen molar-refractivity contribution in [2.75, 3.05) is 6.54 Å². The molecule has 1 amide bonds. The summed E-state index contributed by atoms with van der Waals surface area (Å²) >= 11 is 0. The van der Waals surface area contributed by atoms with E-state index in [1.165, 1.54) is 5.56 Å². The monoisotopic (exact) mass is 384 g/mol. The molecule has 4 nitrogen and oxygen atoms in total. The number of nitrogens with two attached hydrogens (primary N) is 1. The average Bonchev–Trinajstić information content (AvgIpc) is 2.55. The number of phenols is 1. The SMILES string of the molecule is Cl.Cl.NC(=O)C(CCc1ccccc1)NCCCc1cccc(O)c1. The van der Waals surface area contributed by atoms with E-state index in [1.807, 2.05) is 30.3 Å². The standard InChI is InChI=1S/C19H24N2O2.2ClH/c20-19(23)18(12-11-15-6-2-1-3-7-15)21-13-5-9-16-8-4-10-17(22)14-16;;/h1-4,6-8,10,14,18,21-22H,5,9,11-13H2,(H2,20,23);2*1H. The molecule has 0 aliphatic carbocycles. The van der Waals surface area contributed by atoms with E-state index in [2.05, 4.69) is 17.4 Å². The van der Waals surface area contributed by atoms with Gasteiger partial charge in [0, 0.05) is 0 Å². The summed E-state index contributed by atoms with van der Waals surface area (Å²) < 4.78 is 0. The first kappa shape index (κ1) is 23.2. The van der Waals surface area contributed by atoms with Crippen LogP contribution in [0.4, 0.5) is 0 Å². The van der Waals surface area contributed by atoms with E-state index in [0.717, 1.165) is 31.4 Å². The lowest BCUT2D eigenvalue weighted by molar-refractivity contribution is -0.120. The molecule has 2 aromatic rings. The summed E-state index contributed by atoms with van der Waals surface area (Å²) in [6, 6.07) is 17.0. The lowest BCUT2D eigenvalue weighted by Gasteiger charge is -2.15. The Kier molecular flexibility index (Phi) is 11.7. The van der Waals surface area contributed by atoms with Crippen molar-refractivity contribution in [1.29, 1.82) is 0 Å². The maximum atomic E-state index is 11.6. The summed E-state index contributed by atoms with van der Waals surface area (Å²) in [6.07, 6.45) is 3.27. The van der Waals surface area contributed by atoms with Gasteiger partial charge in [0.25, 0.3) is 0 Å². The number of phenolic OH excluding ortho intramolecular Hbond substituents is 1. The second-order valence-electron chi connectivity index (χ2n) is 5.71. The summed E-state index contributed by atoms with van der Waals surface area (Å²) in [5, 5.41) is 12.7. The molecule has 25 heavy (non-hydrogen) atoms. The average molecular weight is 385 g/mol. The Morgan fingerprint density at radius 1 is 1.00 bits per heavy atom. The topological polar surface area (TPSA) is 75.4 Å². The molecule has 6 heteroatoms. The Morgan fingerprint density at radius 2 is 1.68 bits per heavy atom. The normalized spacial score (nSPS) is 11.0. The molecule has 2 aromatic carbocycles. The van der Waals surface area contributed by atoms with Crippen LogP contribution in [0, 0.1) is 0 Å². The van der Waals surface area contributed by atoms with Crippen molar-refractivity contribution >= 4 is 30.7 Å². The van der Waals surface area contributed by atoms with Gasteiger partial charge in [-0.05, 0) is 55.5 Å². The summed E-state index contributed by atoms with van der Waals surface area (Å²) in [6.45, 7) is 0.720. The fourth-order valence-corrected chi connectivity index (χ4v) is 2.58. The second kappa shape index (κ2) is 12.6. The number of aromatic hydroxyl groups is 1. The second-order valence-corrected chi connectivity index (χ2v) is 5.71. The van der Waals surface area contributed by atoms with Crippen molar-refractivity contribution in [3.63, 3.8) is 0 Å². The van der Waals surface area contributed by atoms with Gasteiger partial charge in [-0.3, -0.25) is 4.79 Å². The fourth-order valence-electron chi connectivity index (χ4n) is 2.58. The Hall–Kier alpha value is -1.75. The molecule has 0 aliphatic heterocycles. The van der Waals surface area contributed by atoms with Crippen LogP contribution < -0.4 is 11.1 Å². The molecule has 2 rings (SSSR count). The zero-order valence-electron chi connectivity index (χ0n) is 14.1. The van der Waals surface area contributed by atoms with Gasteiger partial charge in [-0.25, -0.2) is 0 Å². The fraction of sp³-hybridized carbons (Fsp3) is 0.316. The van der Waals surface area contributed by atoms with E-state index in [1.54, 1.807) is 12.1 Å². The third-order valence-corrected chi connectivity index (χ3v) is 3.85. The van der Waals surface area contributed by atoms with Crippen molar-refractivity contribution in [3.05, 3.63) is 65.7 Å². The number of carbonyl (C=O) groups is 1. The van der Waals surface area contributed by atoms with E-state index in [0.29, 0.717) is 6.42 Å². The first-order valence-corrected chi connectivity index (χ1v) is 7.99. The van der Waals surface area contributed by atoms with Crippen LogP contribution in [0.2, 0.25) is 0 Å². The molecule has 1 unspecified atom stereocenters. The van der Waals surface area contributed by atoms with Gasteiger partial charge in [0.1, 0.15) is 5.75 Å². The molecule has 4 N–H and O–H groups in total. The molecule has 0 spiro atoms. The summed E-state index contributed by atoms with van der Waals surface area (Å²) in [7, 11) is 0. The smallest absolute Gasteiger partial charge is 0.234 e. The molecule has 0 aliphatic rings. The van der Waals surface area contributed by atoms with Crippen LogP contribution in [-0.2, 0) is 17.6 Å². The minimum absolute atomic E-state index is 0. The number of nitrogens with one attached hydrogen (secondary N) is 1. The Bertz CT molecular complexity index is 624. The van der Waals surface area contributed by atoms with E-state index in [4.69, 9.17) is 5.73 Å². The summed E-state index contributed by atoms with van der Waals surface area (Å²) in [5.74, 6) is -0.0216. The molecule has 0 aromatic heterocycles. The van der Waals surface area contributed by atoms with Crippen LogP contribution in [0.5, 0.6) is 5.75 Å². The molecule has 138 valence electrons. The van der Waals surface area contributed by atoms with Gasteiger partial charge >= 0.3 is 0 Å². The first-order chi connectivity index (χ1) is 11.1. The van der Waals surface area contributed by atoms with Crippen molar-refractivity contribution in [2.45, 2.75) is 31.7 Å². The van der Waals surface area contributed by atoms with E-state index < -0.39 is 0 Å². The zero-order chi connectivity index (χ0) is 16.5. The van der Waals surface area contributed by atoms with Crippen molar-refractivity contribution in [3.8, 4) is 5.75 Å². The van der Waals surface area contributed by atoms with Crippen LogP contribution in [0.3, 0.4) is 0 Å². The highest BCUT2D eigenvalue weighted by Gasteiger charge is 2.14. The Balaban J connectivity index is 0.00000288. The number of benzene rings is 2.